The summed E-state index contributed by atoms with van der Waals surface area (Å²) in [7, 11) is 0. The Bertz CT molecular complexity index is 749. The molecule has 0 radical (unpaired) electrons. The number of amides is 2. The number of rotatable bonds is 6. The third-order valence-electron chi connectivity index (χ3n) is 6.12. The highest BCUT2D eigenvalue weighted by molar-refractivity contribution is 5.95. The van der Waals surface area contributed by atoms with Gasteiger partial charge >= 0.3 is 6.18 Å². The first-order valence-electron chi connectivity index (χ1n) is 10.0. The third-order valence-corrected chi connectivity index (χ3v) is 6.12. The molecule has 0 bridgehead atoms. The predicted molar refractivity (Wildman–Crippen MR) is 101 cm³/mol. The summed E-state index contributed by atoms with van der Waals surface area (Å²) in [5.41, 5.74) is 2.33. The number of carbonyl (C=O) groups excluding carboxylic acids is 2. The van der Waals surface area contributed by atoms with Crippen molar-refractivity contribution < 1.29 is 27.9 Å². The molecule has 0 unspecified atom stereocenters. The number of alkyl halides is 3. The smallest absolute Gasteiger partial charge is 0.376 e. The summed E-state index contributed by atoms with van der Waals surface area (Å²) in [5, 5.41) is 9.80. The lowest BCUT2D eigenvalue weighted by molar-refractivity contribution is -0.258. The summed E-state index contributed by atoms with van der Waals surface area (Å²) in [6, 6.07) is 5.26. The van der Waals surface area contributed by atoms with Crippen molar-refractivity contribution in [2.24, 2.45) is 11.7 Å². The van der Waals surface area contributed by atoms with E-state index in [1.807, 2.05) is 4.90 Å². The molecule has 1 aromatic rings. The maximum absolute atomic E-state index is 13.1. The summed E-state index contributed by atoms with van der Waals surface area (Å²) in [6.45, 7) is 0.699. The van der Waals surface area contributed by atoms with Crippen LogP contribution in [-0.4, -0.2) is 40.1 Å². The van der Waals surface area contributed by atoms with Gasteiger partial charge in [0.1, 0.15) is 0 Å². The molecular weight excluding hydrogens is 385 g/mol. The van der Waals surface area contributed by atoms with Crippen molar-refractivity contribution in [2.45, 2.75) is 75.7 Å². The zero-order valence-electron chi connectivity index (χ0n) is 16.4. The van der Waals surface area contributed by atoms with Gasteiger partial charge in [0.15, 0.2) is 5.60 Å². The molecule has 0 aliphatic heterocycles. The van der Waals surface area contributed by atoms with Crippen molar-refractivity contribution in [3.8, 4) is 0 Å². The minimum Gasteiger partial charge on any atom is -0.376 e. The average molecular weight is 412 g/mol. The minimum atomic E-state index is -4.80. The Morgan fingerprint density at radius 3 is 1.93 bits per heavy atom. The molecule has 8 heteroatoms. The molecular formula is C21H27F3N2O3. The lowest BCUT2D eigenvalue weighted by atomic mass is 9.83. The van der Waals surface area contributed by atoms with Gasteiger partial charge in [-0.1, -0.05) is 12.1 Å². The van der Waals surface area contributed by atoms with E-state index >= 15 is 0 Å². The number of primary amides is 1. The second-order valence-corrected chi connectivity index (χ2v) is 8.44. The van der Waals surface area contributed by atoms with E-state index < -0.39 is 11.8 Å². The van der Waals surface area contributed by atoms with Gasteiger partial charge in [0, 0.05) is 24.1 Å². The number of hydrogen-bond acceptors (Lipinski definition) is 3. The van der Waals surface area contributed by atoms with Crippen molar-refractivity contribution in [1.29, 1.82) is 0 Å². The monoisotopic (exact) mass is 412 g/mol. The van der Waals surface area contributed by atoms with Crippen LogP contribution in [0.5, 0.6) is 0 Å². The number of benzene rings is 1. The van der Waals surface area contributed by atoms with Crippen LogP contribution in [0.25, 0.3) is 0 Å². The largest absolute Gasteiger partial charge is 0.421 e. The number of nitrogens with zero attached hydrogens (tertiary/aromatic N) is 1. The molecule has 1 atom stereocenters. The van der Waals surface area contributed by atoms with Crippen LogP contribution in [0.2, 0.25) is 0 Å². The summed E-state index contributed by atoms with van der Waals surface area (Å²) in [5.74, 6) is -0.244. The molecule has 3 N–H and O–H groups in total. The lowest BCUT2D eigenvalue weighted by Gasteiger charge is -2.37. The van der Waals surface area contributed by atoms with Crippen molar-refractivity contribution in [1.82, 2.24) is 4.90 Å². The topological polar surface area (TPSA) is 83.6 Å². The summed E-state index contributed by atoms with van der Waals surface area (Å²) < 4.78 is 39.1. The van der Waals surface area contributed by atoms with Crippen LogP contribution in [0.3, 0.4) is 0 Å². The number of carbonyl (C=O) groups is 2. The van der Waals surface area contributed by atoms with E-state index in [0.29, 0.717) is 18.9 Å². The van der Waals surface area contributed by atoms with Crippen LogP contribution in [-0.2, 0) is 10.4 Å². The van der Waals surface area contributed by atoms with Gasteiger partial charge in [-0.15, -0.1) is 0 Å². The van der Waals surface area contributed by atoms with Gasteiger partial charge in [-0.25, -0.2) is 0 Å². The molecule has 2 fully saturated rings. The van der Waals surface area contributed by atoms with Crippen LogP contribution in [0, 0.1) is 5.92 Å². The molecule has 2 aliphatic carbocycles. The van der Waals surface area contributed by atoms with Crippen molar-refractivity contribution in [3.63, 3.8) is 0 Å². The average Bonchev–Trinajstić information content (AvgIpc) is 3.47. The summed E-state index contributed by atoms with van der Waals surface area (Å²) in [6.07, 6.45) is 0.658. The molecule has 160 valence electrons. The van der Waals surface area contributed by atoms with Gasteiger partial charge in [0.05, 0.1) is 0 Å². The van der Waals surface area contributed by atoms with E-state index in [1.54, 1.807) is 0 Å². The summed E-state index contributed by atoms with van der Waals surface area (Å²) in [4.78, 5) is 26.1. The van der Waals surface area contributed by atoms with E-state index in [-0.39, 0.29) is 35.4 Å². The van der Waals surface area contributed by atoms with E-state index in [4.69, 9.17) is 5.73 Å². The van der Waals surface area contributed by atoms with Gasteiger partial charge in [-0.3, -0.25) is 9.59 Å². The van der Waals surface area contributed by atoms with Gasteiger partial charge in [-0.05, 0) is 69.1 Å². The second-order valence-electron chi connectivity index (χ2n) is 8.44. The SMILES string of the molecule is C[C@](O)(c1ccc(C(=O)N(C2CCC(CC(N)=O)CC2)C2CC2)cc1)C(F)(F)F. The molecule has 0 saturated heterocycles. The number of hydrogen-bond donors (Lipinski definition) is 2. The zero-order chi connectivity index (χ0) is 21.4. The molecule has 2 aliphatic rings. The quantitative estimate of drug-likeness (QED) is 0.750. The standard InChI is InChI=1S/C21H27F3N2O3/c1-20(29,21(22,23)24)15-6-4-14(5-7-15)19(28)26(17-10-11-17)16-8-2-13(3-9-16)12-18(25)27/h4-7,13,16-17,29H,2-3,8-12H2,1H3,(H2,25,27)/t13?,16?,20-/m0/s1. The fraction of sp³-hybridized carbons (Fsp3) is 0.619. The molecule has 3 rings (SSSR count). The molecule has 1 aromatic carbocycles. The van der Waals surface area contributed by atoms with Crippen LogP contribution in [0.15, 0.2) is 24.3 Å². The molecule has 0 spiro atoms. The van der Waals surface area contributed by atoms with Crippen LogP contribution in [0.1, 0.15) is 67.8 Å². The summed E-state index contributed by atoms with van der Waals surface area (Å²) >= 11 is 0. The lowest BCUT2D eigenvalue weighted by Crippen LogP contribution is -2.44. The minimum absolute atomic E-state index is 0.0667. The van der Waals surface area contributed by atoms with E-state index in [9.17, 15) is 27.9 Å². The van der Waals surface area contributed by atoms with Gasteiger partial charge in [-0.2, -0.15) is 13.2 Å². The Kier molecular flexibility index (Phi) is 5.94. The highest BCUT2D eigenvalue weighted by Crippen LogP contribution is 2.39. The highest BCUT2D eigenvalue weighted by Gasteiger charge is 2.51. The van der Waals surface area contributed by atoms with Gasteiger partial charge in [0.2, 0.25) is 5.91 Å². The molecule has 2 amide bonds. The van der Waals surface area contributed by atoms with E-state index in [1.165, 1.54) is 12.1 Å². The van der Waals surface area contributed by atoms with Crippen LogP contribution in [0.4, 0.5) is 13.2 Å². The molecule has 5 nitrogen and oxygen atoms in total. The van der Waals surface area contributed by atoms with Crippen LogP contribution >= 0.6 is 0 Å². The van der Waals surface area contributed by atoms with Gasteiger partial charge in [0.25, 0.3) is 5.91 Å². The van der Waals surface area contributed by atoms with Gasteiger partial charge < -0.3 is 15.7 Å². The first kappa shape index (κ1) is 21.6. The first-order valence-corrected chi connectivity index (χ1v) is 10.0. The molecule has 29 heavy (non-hydrogen) atoms. The first-order chi connectivity index (χ1) is 13.5. The van der Waals surface area contributed by atoms with E-state index in [0.717, 1.165) is 50.7 Å². The van der Waals surface area contributed by atoms with E-state index in [2.05, 4.69) is 0 Å². The Balaban J connectivity index is 1.71. The number of aliphatic hydroxyl groups is 1. The molecule has 2 saturated carbocycles. The fourth-order valence-electron chi connectivity index (χ4n) is 4.14. The maximum atomic E-state index is 13.1. The van der Waals surface area contributed by atoms with Crippen LogP contribution < -0.4 is 5.73 Å². The van der Waals surface area contributed by atoms with Crippen molar-refractivity contribution in [3.05, 3.63) is 35.4 Å². The number of nitrogens with two attached hydrogens (primary N) is 1. The third kappa shape index (κ3) is 4.74. The highest BCUT2D eigenvalue weighted by atomic mass is 19.4. The second kappa shape index (κ2) is 7.97. The zero-order valence-corrected chi connectivity index (χ0v) is 16.4. The van der Waals surface area contributed by atoms with Crippen molar-refractivity contribution in [2.75, 3.05) is 0 Å². The predicted octanol–water partition coefficient (Wildman–Crippen LogP) is 3.50. The molecule has 0 heterocycles. The van der Waals surface area contributed by atoms with Crippen molar-refractivity contribution >= 4 is 11.8 Å². The Morgan fingerprint density at radius 1 is 1.03 bits per heavy atom. The normalized spacial score (nSPS) is 24.6. The maximum Gasteiger partial charge on any atom is 0.421 e. The molecule has 0 aromatic heterocycles. The fourth-order valence-corrected chi connectivity index (χ4v) is 4.14. The Labute approximate surface area is 168 Å². The Morgan fingerprint density at radius 2 is 1.52 bits per heavy atom. The number of halogens is 3. The Hall–Kier alpha value is -2.09.